The Labute approximate surface area is 167 Å². The van der Waals surface area contributed by atoms with Crippen molar-refractivity contribution in [2.24, 2.45) is 0 Å². The monoisotopic (exact) mass is 401 g/mol. The topological polar surface area (TPSA) is 69.7 Å². The molecule has 152 valence electrons. The van der Waals surface area contributed by atoms with E-state index in [-0.39, 0.29) is 30.5 Å². The molecule has 3 rings (SSSR count). The number of halogens is 2. The Balaban J connectivity index is 1.54. The van der Waals surface area contributed by atoms with Gasteiger partial charge in [0.1, 0.15) is 6.04 Å². The fraction of sp³-hybridized carbons (Fsp3) is 0.286. The van der Waals surface area contributed by atoms with Gasteiger partial charge in [0.15, 0.2) is 11.6 Å². The lowest BCUT2D eigenvalue weighted by molar-refractivity contribution is -0.134. The van der Waals surface area contributed by atoms with E-state index in [1.54, 1.807) is 42.2 Å². The summed E-state index contributed by atoms with van der Waals surface area (Å²) in [7, 11) is 0. The van der Waals surface area contributed by atoms with Crippen molar-refractivity contribution in [2.45, 2.75) is 13.0 Å². The molecule has 29 heavy (non-hydrogen) atoms. The minimum atomic E-state index is -1.08. The van der Waals surface area contributed by atoms with Crippen LogP contribution in [0.4, 0.5) is 8.78 Å². The second-order valence-electron chi connectivity index (χ2n) is 6.81. The number of piperazine rings is 1. The standard InChI is InChI=1S/C21H21F2N3O3/c1-14(24-19(27)15-5-3-2-4-6-15)20(28)25-9-11-26(12-10-25)21(29)16-7-8-17(22)18(23)13-16/h2-8,13-14H,9-12H2,1H3,(H,24,27). The fourth-order valence-electron chi connectivity index (χ4n) is 3.15. The predicted molar refractivity (Wildman–Crippen MR) is 102 cm³/mol. The average molecular weight is 401 g/mol. The lowest BCUT2D eigenvalue weighted by Crippen LogP contribution is -2.55. The summed E-state index contributed by atoms with van der Waals surface area (Å²) >= 11 is 0. The molecule has 0 aromatic heterocycles. The molecule has 0 bridgehead atoms. The lowest BCUT2D eigenvalue weighted by Gasteiger charge is -2.36. The van der Waals surface area contributed by atoms with Crippen LogP contribution in [0.3, 0.4) is 0 Å². The Morgan fingerprint density at radius 2 is 1.48 bits per heavy atom. The average Bonchev–Trinajstić information content (AvgIpc) is 2.75. The molecule has 2 aromatic rings. The van der Waals surface area contributed by atoms with Crippen molar-refractivity contribution in [3.8, 4) is 0 Å². The second-order valence-corrected chi connectivity index (χ2v) is 6.81. The molecule has 1 heterocycles. The molecular weight excluding hydrogens is 380 g/mol. The highest BCUT2D eigenvalue weighted by atomic mass is 19.2. The Hall–Kier alpha value is -3.29. The molecule has 0 radical (unpaired) electrons. The molecule has 1 fully saturated rings. The number of carbonyl (C=O) groups is 3. The zero-order valence-corrected chi connectivity index (χ0v) is 15.9. The molecule has 8 heteroatoms. The highest BCUT2D eigenvalue weighted by Crippen LogP contribution is 2.13. The van der Waals surface area contributed by atoms with E-state index in [0.717, 1.165) is 12.1 Å². The van der Waals surface area contributed by atoms with Gasteiger partial charge in [0.2, 0.25) is 5.91 Å². The molecule has 0 saturated carbocycles. The summed E-state index contributed by atoms with van der Waals surface area (Å²) in [4.78, 5) is 40.3. The maximum atomic E-state index is 13.4. The summed E-state index contributed by atoms with van der Waals surface area (Å²) < 4.78 is 26.4. The van der Waals surface area contributed by atoms with Crippen molar-refractivity contribution in [3.05, 3.63) is 71.3 Å². The van der Waals surface area contributed by atoms with Gasteiger partial charge >= 0.3 is 0 Å². The number of rotatable bonds is 4. The van der Waals surface area contributed by atoms with Crippen LogP contribution < -0.4 is 5.32 Å². The van der Waals surface area contributed by atoms with Crippen LogP contribution >= 0.6 is 0 Å². The van der Waals surface area contributed by atoms with E-state index in [1.165, 1.54) is 11.0 Å². The van der Waals surface area contributed by atoms with Crippen molar-refractivity contribution in [2.75, 3.05) is 26.2 Å². The van der Waals surface area contributed by atoms with E-state index < -0.39 is 23.6 Å². The first-order valence-corrected chi connectivity index (χ1v) is 9.26. The lowest BCUT2D eigenvalue weighted by atomic mass is 10.1. The van der Waals surface area contributed by atoms with Crippen molar-refractivity contribution in [1.29, 1.82) is 0 Å². The number of hydrogen-bond donors (Lipinski definition) is 1. The minimum absolute atomic E-state index is 0.0622. The van der Waals surface area contributed by atoms with Crippen molar-refractivity contribution < 1.29 is 23.2 Å². The van der Waals surface area contributed by atoms with Gasteiger partial charge in [-0.15, -0.1) is 0 Å². The quantitative estimate of drug-likeness (QED) is 0.853. The first kappa shape index (κ1) is 20.4. The maximum absolute atomic E-state index is 13.4. The van der Waals surface area contributed by atoms with Crippen LogP contribution in [0.2, 0.25) is 0 Å². The molecule has 1 aliphatic rings. The maximum Gasteiger partial charge on any atom is 0.254 e. The number of nitrogens with zero attached hydrogens (tertiary/aromatic N) is 2. The van der Waals surface area contributed by atoms with E-state index in [1.807, 2.05) is 0 Å². The van der Waals surface area contributed by atoms with E-state index in [9.17, 15) is 23.2 Å². The Morgan fingerprint density at radius 1 is 0.862 bits per heavy atom. The molecule has 1 unspecified atom stereocenters. The normalized spacial score (nSPS) is 15.0. The number of hydrogen-bond acceptors (Lipinski definition) is 3. The van der Waals surface area contributed by atoms with Crippen molar-refractivity contribution in [1.82, 2.24) is 15.1 Å². The number of benzene rings is 2. The predicted octanol–water partition coefficient (Wildman–Crippen LogP) is 2.07. The summed E-state index contributed by atoms with van der Waals surface area (Å²) in [5.74, 6) is -3.08. The Bertz CT molecular complexity index is 913. The Kier molecular flexibility index (Phi) is 6.21. The smallest absolute Gasteiger partial charge is 0.254 e. The van der Waals surface area contributed by atoms with Gasteiger partial charge in [0.05, 0.1) is 0 Å². The van der Waals surface area contributed by atoms with Gasteiger partial charge in [-0.2, -0.15) is 0 Å². The van der Waals surface area contributed by atoms with Gasteiger partial charge in [0.25, 0.3) is 11.8 Å². The van der Waals surface area contributed by atoms with Crippen LogP contribution in [0, 0.1) is 11.6 Å². The van der Waals surface area contributed by atoms with Gasteiger partial charge in [-0.3, -0.25) is 14.4 Å². The molecular formula is C21H21F2N3O3. The third kappa shape index (κ3) is 4.77. The summed E-state index contributed by atoms with van der Waals surface area (Å²) in [6, 6.07) is 10.9. The zero-order valence-electron chi connectivity index (χ0n) is 15.9. The van der Waals surface area contributed by atoms with Crippen molar-refractivity contribution in [3.63, 3.8) is 0 Å². The summed E-state index contributed by atoms with van der Waals surface area (Å²) in [5, 5.41) is 2.68. The SMILES string of the molecule is CC(NC(=O)c1ccccc1)C(=O)N1CCN(C(=O)c2ccc(F)c(F)c2)CC1. The summed E-state index contributed by atoms with van der Waals surface area (Å²) in [5.41, 5.74) is 0.529. The fourth-order valence-corrected chi connectivity index (χ4v) is 3.15. The molecule has 0 aliphatic carbocycles. The van der Waals surface area contributed by atoms with Gasteiger partial charge in [-0.25, -0.2) is 8.78 Å². The van der Waals surface area contributed by atoms with Crippen LogP contribution in [0.5, 0.6) is 0 Å². The first-order valence-electron chi connectivity index (χ1n) is 9.26. The number of nitrogens with one attached hydrogen (secondary N) is 1. The van der Waals surface area contributed by atoms with Crippen LogP contribution in [0.25, 0.3) is 0 Å². The molecule has 6 nitrogen and oxygen atoms in total. The summed E-state index contributed by atoms with van der Waals surface area (Å²) in [6.07, 6.45) is 0. The molecule has 1 atom stereocenters. The third-order valence-electron chi connectivity index (χ3n) is 4.80. The minimum Gasteiger partial charge on any atom is -0.341 e. The molecule has 1 aliphatic heterocycles. The highest BCUT2D eigenvalue weighted by Gasteiger charge is 2.28. The van der Waals surface area contributed by atoms with Crippen LogP contribution in [0.15, 0.2) is 48.5 Å². The zero-order chi connectivity index (χ0) is 21.0. The summed E-state index contributed by atoms with van der Waals surface area (Å²) in [6.45, 7) is 2.73. The van der Waals surface area contributed by atoms with Gasteiger partial charge < -0.3 is 15.1 Å². The van der Waals surface area contributed by atoms with Gasteiger partial charge in [-0.1, -0.05) is 18.2 Å². The molecule has 3 amide bonds. The van der Waals surface area contributed by atoms with E-state index in [4.69, 9.17) is 0 Å². The van der Waals surface area contributed by atoms with Crippen LogP contribution in [0.1, 0.15) is 27.6 Å². The molecule has 1 saturated heterocycles. The molecule has 2 aromatic carbocycles. The van der Waals surface area contributed by atoms with E-state index >= 15 is 0 Å². The molecule has 1 N–H and O–H groups in total. The Morgan fingerprint density at radius 3 is 2.10 bits per heavy atom. The van der Waals surface area contributed by atoms with Gasteiger partial charge in [0, 0.05) is 37.3 Å². The van der Waals surface area contributed by atoms with Crippen LogP contribution in [-0.4, -0.2) is 59.7 Å². The van der Waals surface area contributed by atoms with E-state index in [0.29, 0.717) is 18.7 Å². The molecule has 0 spiro atoms. The third-order valence-corrected chi connectivity index (χ3v) is 4.80. The number of amides is 3. The van der Waals surface area contributed by atoms with Gasteiger partial charge in [-0.05, 0) is 37.3 Å². The van der Waals surface area contributed by atoms with E-state index in [2.05, 4.69) is 5.32 Å². The highest BCUT2D eigenvalue weighted by molar-refractivity contribution is 5.97. The van der Waals surface area contributed by atoms with Crippen LogP contribution in [-0.2, 0) is 4.79 Å². The second kappa shape index (κ2) is 8.81. The van der Waals surface area contributed by atoms with Crippen molar-refractivity contribution >= 4 is 17.7 Å². The largest absolute Gasteiger partial charge is 0.341 e. The first-order chi connectivity index (χ1) is 13.9. The number of carbonyl (C=O) groups excluding carboxylic acids is 3.